The van der Waals surface area contributed by atoms with Gasteiger partial charge in [-0.15, -0.1) is 0 Å². The Hall–Kier alpha value is -2.50. The predicted molar refractivity (Wildman–Crippen MR) is 104 cm³/mol. The van der Waals surface area contributed by atoms with Crippen LogP contribution in [0.4, 0.5) is 0 Å². The summed E-state index contributed by atoms with van der Waals surface area (Å²) in [6.45, 7) is 2.37. The van der Waals surface area contributed by atoms with Crippen LogP contribution in [0.25, 0.3) is 6.08 Å². The van der Waals surface area contributed by atoms with Gasteiger partial charge in [0.1, 0.15) is 0 Å². The average molecular weight is 375 g/mol. The number of esters is 1. The highest BCUT2D eigenvalue weighted by atomic mass is 16.5. The number of hydrogen-bond donors (Lipinski definition) is 0. The number of methoxy groups -OCH3 is 2. The van der Waals surface area contributed by atoms with Crippen molar-refractivity contribution in [1.82, 2.24) is 4.90 Å². The molecule has 1 aromatic rings. The van der Waals surface area contributed by atoms with E-state index in [2.05, 4.69) is 0 Å². The Kier molecular flexibility index (Phi) is 8.17. The minimum Gasteiger partial charge on any atom is -0.493 e. The zero-order chi connectivity index (χ0) is 19.6. The summed E-state index contributed by atoms with van der Waals surface area (Å²) in [5.41, 5.74) is 0.692. The second kappa shape index (κ2) is 10.6. The molecule has 0 N–H and O–H groups in total. The number of nitrogens with zero attached hydrogens (tertiary/aromatic N) is 1. The van der Waals surface area contributed by atoms with E-state index in [1.54, 1.807) is 31.4 Å². The van der Waals surface area contributed by atoms with Gasteiger partial charge in [0, 0.05) is 24.2 Å². The van der Waals surface area contributed by atoms with E-state index in [4.69, 9.17) is 14.2 Å². The molecule has 0 unspecified atom stereocenters. The Labute approximate surface area is 161 Å². The molecule has 6 heteroatoms. The molecule has 6 nitrogen and oxygen atoms in total. The Balaban J connectivity index is 1.91. The second-order valence-corrected chi connectivity index (χ2v) is 6.50. The largest absolute Gasteiger partial charge is 0.493 e. The fourth-order valence-electron chi connectivity index (χ4n) is 3.50. The van der Waals surface area contributed by atoms with Crippen molar-refractivity contribution in [2.24, 2.45) is 0 Å². The first-order valence-electron chi connectivity index (χ1n) is 9.46. The molecule has 0 bridgehead atoms. The Morgan fingerprint density at radius 2 is 1.89 bits per heavy atom. The van der Waals surface area contributed by atoms with Crippen LogP contribution < -0.4 is 9.47 Å². The van der Waals surface area contributed by atoms with E-state index in [0.29, 0.717) is 23.6 Å². The summed E-state index contributed by atoms with van der Waals surface area (Å²) in [6.07, 6.45) is 8.48. The quantitative estimate of drug-likeness (QED) is 0.514. The van der Waals surface area contributed by atoms with E-state index in [-0.39, 0.29) is 18.6 Å². The molecule has 1 aromatic carbocycles. The molecule has 1 fully saturated rings. The molecule has 0 radical (unpaired) electrons. The number of carbonyl (C=O) groups excluding carboxylic acids is 2. The topological polar surface area (TPSA) is 65.1 Å². The maximum absolute atomic E-state index is 12.4. The summed E-state index contributed by atoms with van der Waals surface area (Å²) in [4.78, 5) is 26.3. The third kappa shape index (κ3) is 5.74. The van der Waals surface area contributed by atoms with Crippen molar-refractivity contribution in [1.29, 1.82) is 0 Å². The van der Waals surface area contributed by atoms with E-state index in [1.807, 2.05) is 11.8 Å². The first kappa shape index (κ1) is 20.8. The number of ether oxygens (including phenoxy) is 3. The summed E-state index contributed by atoms with van der Waals surface area (Å²) < 4.78 is 15.7. The van der Waals surface area contributed by atoms with Crippen molar-refractivity contribution < 1.29 is 23.8 Å². The summed E-state index contributed by atoms with van der Waals surface area (Å²) in [6, 6.07) is 5.65. The van der Waals surface area contributed by atoms with Crippen LogP contribution in [0.5, 0.6) is 11.5 Å². The number of para-hydroxylation sites is 1. The van der Waals surface area contributed by atoms with Crippen LogP contribution in [0.3, 0.4) is 0 Å². The summed E-state index contributed by atoms with van der Waals surface area (Å²) in [5, 5.41) is 0. The molecule has 1 aliphatic rings. The number of rotatable bonds is 8. The van der Waals surface area contributed by atoms with E-state index < -0.39 is 5.97 Å². The molecule has 2 rings (SSSR count). The Morgan fingerprint density at radius 3 is 2.52 bits per heavy atom. The summed E-state index contributed by atoms with van der Waals surface area (Å²) >= 11 is 0. The first-order valence-corrected chi connectivity index (χ1v) is 9.46. The minimum atomic E-state index is -0.562. The number of amides is 1. The van der Waals surface area contributed by atoms with Crippen LogP contribution in [0.15, 0.2) is 24.3 Å². The summed E-state index contributed by atoms with van der Waals surface area (Å²) in [5.74, 6) is 0.418. The molecular formula is C21H29NO5. The number of hydrogen-bond acceptors (Lipinski definition) is 5. The highest BCUT2D eigenvalue weighted by Gasteiger charge is 2.24. The summed E-state index contributed by atoms with van der Waals surface area (Å²) in [7, 11) is 3.09. The van der Waals surface area contributed by atoms with Crippen molar-refractivity contribution in [2.45, 2.75) is 45.1 Å². The SMILES string of the molecule is CCN(C(=O)COC(=O)/C=C/c1cccc(OC)c1OC)C1CCCCC1. The lowest BCUT2D eigenvalue weighted by atomic mass is 9.94. The molecule has 0 saturated heterocycles. The van der Waals surface area contributed by atoms with Gasteiger partial charge in [-0.2, -0.15) is 0 Å². The zero-order valence-electron chi connectivity index (χ0n) is 16.4. The van der Waals surface area contributed by atoms with Gasteiger partial charge in [-0.3, -0.25) is 4.79 Å². The van der Waals surface area contributed by atoms with Gasteiger partial charge >= 0.3 is 5.97 Å². The van der Waals surface area contributed by atoms with E-state index in [0.717, 1.165) is 25.7 Å². The molecule has 0 aromatic heterocycles. The van der Waals surface area contributed by atoms with Gasteiger partial charge in [0.25, 0.3) is 5.91 Å². The van der Waals surface area contributed by atoms with Crippen LogP contribution >= 0.6 is 0 Å². The average Bonchev–Trinajstić information content (AvgIpc) is 2.71. The highest BCUT2D eigenvalue weighted by Crippen LogP contribution is 2.31. The van der Waals surface area contributed by atoms with Crippen molar-refractivity contribution in [3.05, 3.63) is 29.8 Å². The van der Waals surface area contributed by atoms with Gasteiger partial charge in [-0.25, -0.2) is 4.79 Å². The van der Waals surface area contributed by atoms with Gasteiger partial charge in [-0.05, 0) is 31.9 Å². The standard InChI is InChI=1S/C21H29NO5/c1-4-22(17-10-6-5-7-11-17)19(23)15-27-20(24)14-13-16-9-8-12-18(25-2)21(16)26-3/h8-9,12-14,17H,4-7,10-11,15H2,1-3H3/b14-13+. The lowest BCUT2D eigenvalue weighted by Crippen LogP contribution is -2.43. The number of benzene rings is 1. The van der Waals surface area contributed by atoms with Crippen molar-refractivity contribution >= 4 is 18.0 Å². The van der Waals surface area contributed by atoms with Gasteiger partial charge in [0.15, 0.2) is 18.1 Å². The predicted octanol–water partition coefficient (Wildman–Crippen LogP) is 3.44. The van der Waals surface area contributed by atoms with Crippen LogP contribution in [0.2, 0.25) is 0 Å². The third-order valence-corrected chi connectivity index (χ3v) is 4.85. The van der Waals surface area contributed by atoms with Gasteiger partial charge in [0.05, 0.1) is 14.2 Å². The lowest BCUT2D eigenvalue weighted by Gasteiger charge is -2.33. The van der Waals surface area contributed by atoms with E-state index in [9.17, 15) is 9.59 Å². The fraction of sp³-hybridized carbons (Fsp3) is 0.524. The molecule has 0 heterocycles. The van der Waals surface area contributed by atoms with Gasteiger partial charge in [-0.1, -0.05) is 31.4 Å². The van der Waals surface area contributed by atoms with E-state index >= 15 is 0 Å². The first-order chi connectivity index (χ1) is 13.1. The highest BCUT2D eigenvalue weighted by molar-refractivity contribution is 5.90. The second-order valence-electron chi connectivity index (χ2n) is 6.50. The van der Waals surface area contributed by atoms with Crippen LogP contribution in [0.1, 0.15) is 44.6 Å². The Morgan fingerprint density at radius 1 is 1.15 bits per heavy atom. The third-order valence-electron chi connectivity index (χ3n) is 4.85. The fourth-order valence-corrected chi connectivity index (χ4v) is 3.50. The maximum Gasteiger partial charge on any atom is 0.331 e. The van der Waals surface area contributed by atoms with Gasteiger partial charge < -0.3 is 19.1 Å². The van der Waals surface area contributed by atoms with E-state index in [1.165, 1.54) is 19.6 Å². The smallest absolute Gasteiger partial charge is 0.331 e. The molecule has 0 atom stereocenters. The van der Waals surface area contributed by atoms with Crippen molar-refractivity contribution in [2.75, 3.05) is 27.4 Å². The van der Waals surface area contributed by atoms with Crippen LogP contribution in [-0.4, -0.2) is 50.2 Å². The van der Waals surface area contributed by atoms with Crippen LogP contribution in [-0.2, 0) is 14.3 Å². The minimum absolute atomic E-state index is 0.134. The van der Waals surface area contributed by atoms with Gasteiger partial charge in [0.2, 0.25) is 0 Å². The van der Waals surface area contributed by atoms with Crippen LogP contribution in [0, 0.1) is 0 Å². The van der Waals surface area contributed by atoms with Crippen molar-refractivity contribution in [3.8, 4) is 11.5 Å². The number of likely N-dealkylation sites (N-methyl/N-ethyl adjacent to an activating group) is 1. The lowest BCUT2D eigenvalue weighted by molar-refractivity contribution is -0.149. The normalized spacial score (nSPS) is 14.8. The zero-order valence-corrected chi connectivity index (χ0v) is 16.4. The molecule has 148 valence electrons. The molecule has 27 heavy (non-hydrogen) atoms. The number of carbonyl (C=O) groups is 2. The molecule has 1 saturated carbocycles. The molecule has 0 spiro atoms. The molecule has 1 aliphatic carbocycles. The molecule has 1 amide bonds. The Bertz CT molecular complexity index is 665. The molecular weight excluding hydrogens is 346 g/mol. The maximum atomic E-state index is 12.4. The monoisotopic (exact) mass is 375 g/mol. The molecule has 0 aliphatic heterocycles. The van der Waals surface area contributed by atoms with Crippen molar-refractivity contribution in [3.63, 3.8) is 0 Å².